The van der Waals surface area contributed by atoms with Crippen LogP contribution in [0.15, 0.2) is 0 Å². The first-order valence-electron chi connectivity index (χ1n) is 5.54. The van der Waals surface area contributed by atoms with Crippen LogP contribution in [0.5, 0.6) is 0 Å². The van der Waals surface area contributed by atoms with Gasteiger partial charge in [0.05, 0.1) is 6.10 Å². The first-order chi connectivity index (χ1) is 6.02. The Morgan fingerprint density at radius 3 is 2.31 bits per heavy atom. The normalized spacial score (nSPS) is 60.9. The Balaban J connectivity index is 1.79. The maximum absolute atomic E-state index is 5.55. The first-order valence-corrected chi connectivity index (χ1v) is 5.54. The number of rotatable bonds is 1. The zero-order chi connectivity index (χ0) is 9.43. The fraction of sp³-hybridized carbons (Fsp3) is 1.00. The van der Waals surface area contributed by atoms with E-state index in [4.69, 9.17) is 4.74 Å². The molecule has 0 amide bonds. The zero-order valence-electron chi connectivity index (χ0n) is 9.13. The van der Waals surface area contributed by atoms with Gasteiger partial charge in [-0.05, 0) is 41.4 Å². The van der Waals surface area contributed by atoms with E-state index < -0.39 is 0 Å². The second-order valence-corrected chi connectivity index (χ2v) is 6.24. The molecule has 0 heterocycles. The topological polar surface area (TPSA) is 9.23 Å². The Bertz CT molecular complexity index is 258. The van der Waals surface area contributed by atoms with Crippen LogP contribution in [0.25, 0.3) is 0 Å². The zero-order valence-corrected chi connectivity index (χ0v) is 9.13. The van der Waals surface area contributed by atoms with E-state index in [1.54, 1.807) is 0 Å². The summed E-state index contributed by atoms with van der Waals surface area (Å²) in [6, 6.07) is 0. The molecule has 0 unspecified atom stereocenters. The number of methoxy groups -OCH3 is 1. The highest BCUT2D eigenvalue weighted by molar-refractivity contribution is 5.22. The van der Waals surface area contributed by atoms with Gasteiger partial charge < -0.3 is 4.74 Å². The lowest BCUT2D eigenvalue weighted by Crippen LogP contribution is -2.08. The Morgan fingerprint density at radius 2 is 1.77 bits per heavy atom. The average molecular weight is 180 g/mol. The Morgan fingerprint density at radius 1 is 1.08 bits per heavy atom. The van der Waals surface area contributed by atoms with E-state index in [9.17, 15) is 0 Å². The van der Waals surface area contributed by atoms with Gasteiger partial charge in [0.1, 0.15) is 0 Å². The van der Waals surface area contributed by atoms with E-state index in [-0.39, 0.29) is 0 Å². The minimum absolute atomic E-state index is 0.559. The van der Waals surface area contributed by atoms with Crippen LogP contribution in [0.2, 0.25) is 0 Å². The summed E-state index contributed by atoms with van der Waals surface area (Å²) in [5.41, 5.74) is 1.22. The van der Waals surface area contributed by atoms with Crippen molar-refractivity contribution < 1.29 is 4.74 Å². The fourth-order valence-corrected chi connectivity index (χ4v) is 4.19. The van der Waals surface area contributed by atoms with Gasteiger partial charge in [-0.15, -0.1) is 0 Å². The number of ether oxygens (including phenoxy) is 1. The van der Waals surface area contributed by atoms with Crippen molar-refractivity contribution in [1.29, 1.82) is 0 Å². The Kier molecular flexibility index (Phi) is 1.26. The van der Waals surface area contributed by atoms with Crippen LogP contribution in [-0.4, -0.2) is 13.2 Å². The van der Waals surface area contributed by atoms with Gasteiger partial charge in [0, 0.05) is 7.11 Å². The summed E-state index contributed by atoms with van der Waals surface area (Å²) in [6.07, 6.45) is 3.46. The van der Waals surface area contributed by atoms with Crippen LogP contribution in [0.3, 0.4) is 0 Å². The third kappa shape index (κ3) is 0.782. The van der Waals surface area contributed by atoms with E-state index in [1.807, 2.05) is 7.11 Å². The second-order valence-electron chi connectivity index (χ2n) is 6.24. The molecule has 0 spiro atoms. The van der Waals surface area contributed by atoms with Crippen molar-refractivity contribution in [2.75, 3.05) is 7.11 Å². The molecule has 0 aliphatic heterocycles. The lowest BCUT2D eigenvalue weighted by atomic mass is 9.90. The molecule has 74 valence electrons. The van der Waals surface area contributed by atoms with Gasteiger partial charge >= 0.3 is 0 Å². The molecule has 0 radical (unpaired) electrons. The Labute approximate surface area is 80.8 Å². The molecule has 0 aromatic heterocycles. The maximum atomic E-state index is 5.55. The molecule has 0 bridgehead atoms. The van der Waals surface area contributed by atoms with E-state index in [1.165, 1.54) is 12.8 Å². The monoisotopic (exact) mass is 180 g/mol. The molecule has 3 saturated carbocycles. The highest BCUT2D eigenvalue weighted by Gasteiger charge is 2.74. The van der Waals surface area contributed by atoms with Crippen molar-refractivity contribution in [1.82, 2.24) is 0 Å². The van der Waals surface area contributed by atoms with Gasteiger partial charge in [-0.2, -0.15) is 0 Å². The van der Waals surface area contributed by atoms with Gasteiger partial charge in [0.2, 0.25) is 0 Å². The van der Waals surface area contributed by atoms with E-state index in [2.05, 4.69) is 20.8 Å². The van der Waals surface area contributed by atoms with E-state index in [0.29, 0.717) is 16.9 Å². The number of hydrogen-bond acceptors (Lipinski definition) is 1. The summed E-state index contributed by atoms with van der Waals surface area (Å²) < 4.78 is 5.55. The number of fused-ring (bicyclic) bond motifs is 2. The molecule has 0 N–H and O–H groups in total. The minimum atomic E-state index is 0.559. The van der Waals surface area contributed by atoms with Crippen molar-refractivity contribution in [3.05, 3.63) is 0 Å². The highest BCUT2D eigenvalue weighted by atomic mass is 16.5. The van der Waals surface area contributed by atoms with Crippen LogP contribution in [-0.2, 0) is 4.74 Å². The van der Waals surface area contributed by atoms with E-state index in [0.717, 1.165) is 17.8 Å². The molecule has 3 rings (SSSR count). The summed E-state index contributed by atoms with van der Waals surface area (Å²) in [4.78, 5) is 0. The van der Waals surface area contributed by atoms with Crippen molar-refractivity contribution in [3.8, 4) is 0 Å². The van der Waals surface area contributed by atoms with Crippen molar-refractivity contribution in [2.45, 2.75) is 39.7 Å². The van der Waals surface area contributed by atoms with Crippen molar-refractivity contribution in [3.63, 3.8) is 0 Å². The molecule has 1 heteroatoms. The van der Waals surface area contributed by atoms with Crippen LogP contribution in [0, 0.1) is 28.6 Å². The molecule has 13 heavy (non-hydrogen) atoms. The molecule has 3 fully saturated rings. The molecular formula is C12H20O. The van der Waals surface area contributed by atoms with Crippen LogP contribution >= 0.6 is 0 Å². The number of hydrogen-bond donors (Lipinski definition) is 0. The third-order valence-electron chi connectivity index (χ3n) is 5.46. The highest BCUT2D eigenvalue weighted by Crippen LogP contribution is 2.77. The molecule has 0 saturated heterocycles. The van der Waals surface area contributed by atoms with Gasteiger partial charge in [-0.1, -0.05) is 20.8 Å². The lowest BCUT2D eigenvalue weighted by Gasteiger charge is -2.14. The molecule has 3 aliphatic carbocycles. The quantitative estimate of drug-likeness (QED) is 0.603. The Hall–Kier alpha value is -0.0400. The first kappa shape index (κ1) is 8.28. The third-order valence-corrected chi connectivity index (χ3v) is 5.46. The van der Waals surface area contributed by atoms with Gasteiger partial charge in [-0.25, -0.2) is 0 Å². The molecular weight excluding hydrogens is 160 g/mol. The van der Waals surface area contributed by atoms with Gasteiger partial charge in [-0.3, -0.25) is 0 Å². The van der Waals surface area contributed by atoms with Crippen molar-refractivity contribution in [2.24, 2.45) is 28.6 Å². The fourth-order valence-electron chi connectivity index (χ4n) is 4.19. The molecule has 0 aromatic carbocycles. The standard InChI is InChI=1S/C12H20O/c1-11(2)7-5-8-10(13-4)12(8,3)6-9(7)11/h7-10H,5-6H2,1-4H3/t7-,8+,9+,10-,12+/m1/s1. The predicted molar refractivity (Wildman–Crippen MR) is 52.4 cm³/mol. The average Bonchev–Trinajstić information content (AvgIpc) is 2.82. The molecule has 0 aromatic rings. The SMILES string of the molecule is CO[C@@H]1[C@@H]2C[C@@H]3[C@H](C[C@]12C)C3(C)C. The summed E-state index contributed by atoms with van der Waals surface area (Å²) in [5.74, 6) is 2.92. The molecule has 3 aliphatic rings. The van der Waals surface area contributed by atoms with Crippen molar-refractivity contribution >= 4 is 0 Å². The summed E-state index contributed by atoms with van der Waals surface area (Å²) in [7, 11) is 1.88. The van der Waals surface area contributed by atoms with Crippen LogP contribution in [0.1, 0.15) is 33.6 Å². The summed E-state index contributed by atoms with van der Waals surface area (Å²) in [5, 5.41) is 0. The van der Waals surface area contributed by atoms with Crippen LogP contribution in [0.4, 0.5) is 0 Å². The smallest absolute Gasteiger partial charge is 0.0662 e. The summed E-state index contributed by atoms with van der Waals surface area (Å²) in [6.45, 7) is 7.31. The van der Waals surface area contributed by atoms with Gasteiger partial charge in [0.15, 0.2) is 0 Å². The lowest BCUT2D eigenvalue weighted by molar-refractivity contribution is 0.139. The minimum Gasteiger partial charge on any atom is -0.381 e. The van der Waals surface area contributed by atoms with E-state index >= 15 is 0 Å². The summed E-state index contributed by atoms with van der Waals surface area (Å²) >= 11 is 0. The maximum Gasteiger partial charge on any atom is 0.0662 e. The van der Waals surface area contributed by atoms with Gasteiger partial charge in [0.25, 0.3) is 0 Å². The molecule has 1 nitrogen and oxygen atoms in total. The van der Waals surface area contributed by atoms with Crippen LogP contribution < -0.4 is 0 Å². The largest absolute Gasteiger partial charge is 0.381 e. The second kappa shape index (κ2) is 1.98. The molecule has 5 atom stereocenters. The predicted octanol–water partition coefficient (Wildman–Crippen LogP) is 2.70.